The minimum absolute atomic E-state index is 0.0792. The molecule has 2 rings (SSSR count). The van der Waals surface area contributed by atoms with Crippen molar-refractivity contribution >= 4 is 23.0 Å². The van der Waals surface area contributed by atoms with Crippen molar-refractivity contribution in [1.82, 2.24) is 15.0 Å². The normalized spacial score (nSPS) is 12.6. The molecule has 2 aromatic rings. The van der Waals surface area contributed by atoms with E-state index >= 15 is 0 Å². The van der Waals surface area contributed by atoms with E-state index in [-0.39, 0.29) is 18.4 Å². The highest BCUT2D eigenvalue weighted by Crippen LogP contribution is 2.28. The van der Waals surface area contributed by atoms with Gasteiger partial charge >= 0.3 is 5.97 Å². The molecule has 2 aromatic heterocycles. The molecular weight excluding hydrogens is 298 g/mol. The van der Waals surface area contributed by atoms with E-state index in [9.17, 15) is 9.59 Å². The second-order valence-corrected chi connectivity index (χ2v) is 6.14. The van der Waals surface area contributed by atoms with Crippen LogP contribution in [-0.4, -0.2) is 45.6 Å². The van der Waals surface area contributed by atoms with E-state index < -0.39 is 11.9 Å². The number of fused-ring (bicyclic) bond motifs is 1. The number of aromatic nitrogens is 2. The molecule has 0 aliphatic rings. The summed E-state index contributed by atoms with van der Waals surface area (Å²) in [5, 5.41) is 13.6. The molecule has 0 aromatic carbocycles. The third kappa shape index (κ3) is 3.33. The number of carbonyl (C=O) groups excluding carboxylic acids is 1. The van der Waals surface area contributed by atoms with Crippen LogP contribution in [0.3, 0.4) is 0 Å². The Hall–Kier alpha value is -2.44. The van der Waals surface area contributed by atoms with E-state index in [2.05, 4.69) is 10.1 Å². The third-order valence-corrected chi connectivity index (χ3v) is 3.69. The fourth-order valence-electron chi connectivity index (χ4n) is 2.44. The van der Waals surface area contributed by atoms with Crippen molar-refractivity contribution < 1.29 is 19.2 Å². The van der Waals surface area contributed by atoms with Gasteiger partial charge in [-0.2, -0.15) is 0 Å². The molecule has 0 fully saturated rings. The smallest absolute Gasteiger partial charge is 0.308 e. The van der Waals surface area contributed by atoms with Crippen LogP contribution in [0.4, 0.5) is 0 Å². The topological polar surface area (TPSA) is 96.5 Å². The third-order valence-electron chi connectivity index (χ3n) is 3.69. The quantitative estimate of drug-likeness (QED) is 0.909. The molecule has 0 radical (unpaired) electrons. The number of hydrogen-bond donors (Lipinski definition) is 1. The lowest BCUT2D eigenvalue weighted by Gasteiger charge is -2.20. The number of carboxylic acids is 1. The summed E-state index contributed by atoms with van der Waals surface area (Å²) in [5.74, 6) is -1.77. The Bertz CT molecular complexity index is 751. The molecule has 7 heteroatoms. The molecule has 124 valence electrons. The lowest BCUT2D eigenvalue weighted by molar-refractivity contribution is -0.141. The molecule has 7 nitrogen and oxygen atoms in total. The molecule has 1 amide bonds. The molecule has 2 heterocycles. The van der Waals surface area contributed by atoms with E-state index in [1.54, 1.807) is 27.0 Å². The van der Waals surface area contributed by atoms with Gasteiger partial charge in [0.05, 0.1) is 22.6 Å². The summed E-state index contributed by atoms with van der Waals surface area (Å²) in [4.78, 5) is 29.5. The molecule has 1 N–H and O–H groups in total. The maximum Gasteiger partial charge on any atom is 0.308 e. The fraction of sp³-hybridized carbons (Fsp3) is 0.500. The van der Waals surface area contributed by atoms with Crippen molar-refractivity contribution in [3.05, 3.63) is 23.0 Å². The standard InChI is InChI=1S/C16H21N3O4/c1-8(2)13-12-11(6-10(4)17-14(12)23-18-13)15(20)19(5)7-9(3)16(21)22/h6,8-9H,7H2,1-5H3,(H,21,22). The van der Waals surface area contributed by atoms with Crippen LogP contribution in [0.5, 0.6) is 0 Å². The molecule has 0 aliphatic heterocycles. The van der Waals surface area contributed by atoms with Crippen LogP contribution in [0.15, 0.2) is 10.6 Å². The van der Waals surface area contributed by atoms with Crippen LogP contribution >= 0.6 is 0 Å². The minimum atomic E-state index is -0.937. The van der Waals surface area contributed by atoms with Gasteiger partial charge in [0.25, 0.3) is 11.6 Å². The first kappa shape index (κ1) is 16.9. The van der Waals surface area contributed by atoms with Crippen LogP contribution in [-0.2, 0) is 4.79 Å². The maximum absolute atomic E-state index is 12.8. The van der Waals surface area contributed by atoms with Gasteiger partial charge in [0.1, 0.15) is 0 Å². The molecule has 1 atom stereocenters. The van der Waals surface area contributed by atoms with Gasteiger partial charge < -0.3 is 14.5 Å². The summed E-state index contributed by atoms with van der Waals surface area (Å²) in [6.45, 7) is 7.38. The summed E-state index contributed by atoms with van der Waals surface area (Å²) in [6.07, 6.45) is 0. The predicted molar refractivity (Wildman–Crippen MR) is 84.4 cm³/mol. The Morgan fingerprint density at radius 2 is 2.00 bits per heavy atom. The second-order valence-electron chi connectivity index (χ2n) is 6.14. The molecule has 0 saturated carbocycles. The van der Waals surface area contributed by atoms with Crippen molar-refractivity contribution in [1.29, 1.82) is 0 Å². The maximum atomic E-state index is 12.8. The van der Waals surface area contributed by atoms with E-state index in [0.717, 1.165) is 0 Å². The summed E-state index contributed by atoms with van der Waals surface area (Å²) in [7, 11) is 1.59. The van der Waals surface area contributed by atoms with Crippen LogP contribution in [0.1, 0.15) is 48.4 Å². The lowest BCUT2D eigenvalue weighted by atomic mass is 10.0. The molecule has 0 aliphatic carbocycles. The zero-order valence-electron chi connectivity index (χ0n) is 14.0. The van der Waals surface area contributed by atoms with Gasteiger partial charge in [0, 0.05) is 19.3 Å². The molecule has 0 bridgehead atoms. The Balaban J connectivity index is 2.47. The molecule has 1 unspecified atom stereocenters. The number of carbonyl (C=O) groups is 2. The summed E-state index contributed by atoms with van der Waals surface area (Å²) >= 11 is 0. The van der Waals surface area contributed by atoms with Gasteiger partial charge in [-0.15, -0.1) is 0 Å². The van der Waals surface area contributed by atoms with Crippen molar-refractivity contribution in [2.24, 2.45) is 5.92 Å². The van der Waals surface area contributed by atoms with Gasteiger partial charge in [-0.1, -0.05) is 25.9 Å². The van der Waals surface area contributed by atoms with Crippen molar-refractivity contribution in [3.8, 4) is 0 Å². The van der Waals surface area contributed by atoms with E-state index in [1.807, 2.05) is 13.8 Å². The van der Waals surface area contributed by atoms with Gasteiger partial charge in [-0.25, -0.2) is 4.98 Å². The zero-order chi connectivity index (χ0) is 17.3. The molecule has 0 saturated heterocycles. The number of nitrogens with zero attached hydrogens (tertiary/aromatic N) is 3. The van der Waals surface area contributed by atoms with Crippen molar-refractivity contribution in [2.45, 2.75) is 33.6 Å². The first-order chi connectivity index (χ1) is 10.7. The number of hydrogen-bond acceptors (Lipinski definition) is 5. The predicted octanol–water partition coefficient (Wildman–Crippen LogP) is 2.45. The largest absolute Gasteiger partial charge is 0.481 e. The average Bonchev–Trinajstić information content (AvgIpc) is 2.88. The first-order valence-corrected chi connectivity index (χ1v) is 7.47. The van der Waals surface area contributed by atoms with Gasteiger partial charge in [-0.05, 0) is 18.9 Å². The van der Waals surface area contributed by atoms with E-state index in [0.29, 0.717) is 28.1 Å². The first-order valence-electron chi connectivity index (χ1n) is 7.47. The highest BCUT2D eigenvalue weighted by atomic mass is 16.5. The van der Waals surface area contributed by atoms with E-state index in [1.165, 1.54) is 4.90 Å². The Morgan fingerprint density at radius 3 is 2.57 bits per heavy atom. The highest BCUT2D eigenvalue weighted by molar-refractivity contribution is 6.06. The van der Waals surface area contributed by atoms with Gasteiger partial charge in [0.2, 0.25) is 0 Å². The minimum Gasteiger partial charge on any atom is -0.481 e. The van der Waals surface area contributed by atoms with Crippen molar-refractivity contribution in [3.63, 3.8) is 0 Å². The summed E-state index contributed by atoms with van der Waals surface area (Å²) in [6, 6.07) is 1.69. The summed E-state index contributed by atoms with van der Waals surface area (Å²) < 4.78 is 5.26. The van der Waals surface area contributed by atoms with Gasteiger partial charge in [-0.3, -0.25) is 9.59 Å². The van der Waals surface area contributed by atoms with Crippen molar-refractivity contribution in [2.75, 3.05) is 13.6 Å². The number of aryl methyl sites for hydroxylation is 1. The molecule has 23 heavy (non-hydrogen) atoms. The summed E-state index contributed by atoms with van der Waals surface area (Å²) in [5.41, 5.74) is 2.09. The zero-order valence-corrected chi connectivity index (χ0v) is 14.0. The molecular formula is C16H21N3O4. The number of rotatable bonds is 5. The molecule has 0 spiro atoms. The van der Waals surface area contributed by atoms with Gasteiger partial charge in [0.15, 0.2) is 0 Å². The average molecular weight is 319 g/mol. The van der Waals surface area contributed by atoms with E-state index in [4.69, 9.17) is 9.63 Å². The SMILES string of the molecule is Cc1cc(C(=O)N(C)CC(C)C(=O)O)c2c(C(C)C)noc2n1. The number of pyridine rings is 1. The van der Waals surface area contributed by atoms with Crippen LogP contribution < -0.4 is 0 Å². The highest BCUT2D eigenvalue weighted by Gasteiger charge is 2.25. The monoisotopic (exact) mass is 319 g/mol. The Kier molecular flexibility index (Phi) is 4.68. The number of amides is 1. The number of carboxylic acid groups (broad SMARTS) is 1. The van der Waals surface area contributed by atoms with Crippen LogP contribution in [0.2, 0.25) is 0 Å². The Labute approximate surface area is 134 Å². The van der Waals surface area contributed by atoms with Crippen LogP contribution in [0, 0.1) is 12.8 Å². The fourth-order valence-corrected chi connectivity index (χ4v) is 2.44. The van der Waals surface area contributed by atoms with Crippen LogP contribution in [0.25, 0.3) is 11.1 Å². The lowest BCUT2D eigenvalue weighted by Crippen LogP contribution is -2.34. The Morgan fingerprint density at radius 1 is 1.35 bits per heavy atom. The number of aliphatic carboxylic acids is 1. The second kappa shape index (κ2) is 6.36.